The van der Waals surface area contributed by atoms with Crippen molar-refractivity contribution in [1.82, 2.24) is 4.90 Å². The lowest BCUT2D eigenvalue weighted by atomic mass is 10.2. The van der Waals surface area contributed by atoms with Crippen molar-refractivity contribution in [3.8, 4) is 5.75 Å². The number of carbonyl (C=O) groups excluding carboxylic acids is 1. The van der Waals surface area contributed by atoms with Gasteiger partial charge in [-0.15, -0.1) is 0 Å². The maximum Gasteiger partial charge on any atom is 0.326 e. The second-order valence-corrected chi connectivity index (χ2v) is 4.30. The first-order valence-corrected chi connectivity index (χ1v) is 5.99. The van der Waals surface area contributed by atoms with Crippen LogP contribution in [0.3, 0.4) is 0 Å². The summed E-state index contributed by atoms with van der Waals surface area (Å²) >= 11 is 0. The first kappa shape index (κ1) is 13.3. The standard InChI is InChI=1S/C13H14FNO4/c14-9-4-1-2-6-11(9)19-8-12(16)15-7-3-5-10(15)13(17)18/h1-2,4,6,10H,3,5,7-8H2,(H,17,18). The van der Waals surface area contributed by atoms with Gasteiger partial charge < -0.3 is 14.7 Å². The zero-order valence-corrected chi connectivity index (χ0v) is 10.2. The molecular formula is C13H14FNO4. The highest BCUT2D eigenvalue weighted by atomic mass is 19.1. The molecule has 0 aromatic heterocycles. The van der Waals surface area contributed by atoms with E-state index in [0.29, 0.717) is 19.4 Å². The quantitative estimate of drug-likeness (QED) is 0.892. The van der Waals surface area contributed by atoms with Crippen molar-refractivity contribution in [2.24, 2.45) is 0 Å². The Hall–Kier alpha value is -2.11. The molecule has 0 spiro atoms. The van der Waals surface area contributed by atoms with Crippen molar-refractivity contribution in [3.05, 3.63) is 30.1 Å². The Morgan fingerprint density at radius 2 is 2.16 bits per heavy atom. The van der Waals surface area contributed by atoms with Gasteiger partial charge in [0.25, 0.3) is 5.91 Å². The van der Waals surface area contributed by atoms with E-state index in [0.717, 1.165) is 0 Å². The van der Waals surface area contributed by atoms with Gasteiger partial charge in [0.1, 0.15) is 6.04 Å². The Labute approximate surface area is 109 Å². The highest BCUT2D eigenvalue weighted by molar-refractivity contribution is 5.85. The number of carbonyl (C=O) groups is 2. The lowest BCUT2D eigenvalue weighted by Crippen LogP contribution is -2.42. The van der Waals surface area contributed by atoms with E-state index in [1.54, 1.807) is 6.07 Å². The monoisotopic (exact) mass is 267 g/mol. The molecular weight excluding hydrogens is 253 g/mol. The lowest BCUT2D eigenvalue weighted by Gasteiger charge is -2.21. The van der Waals surface area contributed by atoms with Crippen LogP contribution in [0, 0.1) is 5.82 Å². The van der Waals surface area contributed by atoms with Crippen LogP contribution in [-0.4, -0.2) is 41.1 Å². The number of likely N-dealkylation sites (tertiary alicyclic amines) is 1. The van der Waals surface area contributed by atoms with Crippen LogP contribution in [0.1, 0.15) is 12.8 Å². The molecule has 1 aromatic carbocycles. The van der Waals surface area contributed by atoms with E-state index in [4.69, 9.17) is 9.84 Å². The largest absolute Gasteiger partial charge is 0.481 e. The van der Waals surface area contributed by atoms with Crippen molar-refractivity contribution < 1.29 is 23.8 Å². The van der Waals surface area contributed by atoms with E-state index in [-0.39, 0.29) is 12.4 Å². The molecule has 0 radical (unpaired) electrons. The number of ether oxygens (including phenoxy) is 1. The number of amides is 1. The van der Waals surface area contributed by atoms with Crippen molar-refractivity contribution in [2.45, 2.75) is 18.9 Å². The fourth-order valence-corrected chi connectivity index (χ4v) is 2.11. The Morgan fingerprint density at radius 1 is 1.42 bits per heavy atom. The van der Waals surface area contributed by atoms with Gasteiger partial charge in [-0.3, -0.25) is 4.79 Å². The number of carboxylic acids is 1. The number of halogens is 1. The highest BCUT2D eigenvalue weighted by Crippen LogP contribution is 2.19. The minimum atomic E-state index is -1.02. The predicted octanol–water partition coefficient (Wildman–Crippen LogP) is 1.28. The molecule has 102 valence electrons. The Kier molecular flexibility index (Phi) is 3.99. The number of rotatable bonds is 4. The number of carboxylic acid groups (broad SMARTS) is 1. The van der Waals surface area contributed by atoms with Gasteiger partial charge in [-0.05, 0) is 25.0 Å². The van der Waals surface area contributed by atoms with Gasteiger partial charge >= 0.3 is 5.97 Å². The average molecular weight is 267 g/mol. The number of benzene rings is 1. The Bertz CT molecular complexity index is 491. The molecule has 1 aliphatic heterocycles. The van der Waals surface area contributed by atoms with Gasteiger partial charge in [-0.1, -0.05) is 12.1 Å². The lowest BCUT2D eigenvalue weighted by molar-refractivity contribution is -0.149. The summed E-state index contributed by atoms with van der Waals surface area (Å²) in [5.41, 5.74) is 0. The number of aliphatic carboxylic acids is 1. The molecule has 1 saturated heterocycles. The van der Waals surface area contributed by atoms with Crippen molar-refractivity contribution in [2.75, 3.05) is 13.2 Å². The van der Waals surface area contributed by atoms with Crippen LogP contribution in [0.15, 0.2) is 24.3 Å². The minimum Gasteiger partial charge on any atom is -0.481 e. The first-order valence-electron chi connectivity index (χ1n) is 5.99. The number of hydrogen-bond donors (Lipinski definition) is 1. The normalized spacial score (nSPS) is 18.4. The summed E-state index contributed by atoms with van der Waals surface area (Å²) in [5, 5.41) is 8.97. The molecule has 1 unspecified atom stereocenters. The topological polar surface area (TPSA) is 66.8 Å². The van der Waals surface area contributed by atoms with Crippen LogP contribution in [0.2, 0.25) is 0 Å². The summed E-state index contributed by atoms with van der Waals surface area (Å²) < 4.78 is 18.4. The van der Waals surface area contributed by atoms with Crippen LogP contribution in [-0.2, 0) is 9.59 Å². The molecule has 1 amide bonds. The van der Waals surface area contributed by atoms with Gasteiger partial charge in [0.15, 0.2) is 18.2 Å². The minimum absolute atomic E-state index is 0.0121. The third-order valence-electron chi connectivity index (χ3n) is 3.05. The molecule has 0 bridgehead atoms. The predicted molar refractivity (Wildman–Crippen MR) is 64.3 cm³/mol. The molecule has 1 N–H and O–H groups in total. The van der Waals surface area contributed by atoms with Crippen LogP contribution in [0.5, 0.6) is 5.75 Å². The fraction of sp³-hybridized carbons (Fsp3) is 0.385. The SMILES string of the molecule is O=C(O)C1CCCN1C(=O)COc1ccccc1F. The van der Waals surface area contributed by atoms with E-state index in [2.05, 4.69) is 0 Å². The van der Waals surface area contributed by atoms with E-state index in [1.165, 1.54) is 23.1 Å². The molecule has 0 saturated carbocycles. The van der Waals surface area contributed by atoms with E-state index in [1.807, 2.05) is 0 Å². The van der Waals surface area contributed by atoms with Gasteiger partial charge in [-0.25, -0.2) is 9.18 Å². The van der Waals surface area contributed by atoms with E-state index >= 15 is 0 Å². The maximum atomic E-state index is 13.3. The molecule has 1 heterocycles. The summed E-state index contributed by atoms with van der Waals surface area (Å²) in [7, 11) is 0. The van der Waals surface area contributed by atoms with E-state index in [9.17, 15) is 14.0 Å². The summed E-state index contributed by atoms with van der Waals surface area (Å²) in [6, 6.07) is 4.97. The second-order valence-electron chi connectivity index (χ2n) is 4.30. The van der Waals surface area contributed by atoms with Gasteiger partial charge in [0.2, 0.25) is 0 Å². The Morgan fingerprint density at radius 3 is 2.84 bits per heavy atom. The third kappa shape index (κ3) is 3.01. The number of nitrogens with zero attached hydrogens (tertiary/aromatic N) is 1. The van der Waals surface area contributed by atoms with E-state index < -0.39 is 23.7 Å². The summed E-state index contributed by atoms with van der Waals surface area (Å²) in [4.78, 5) is 24.1. The summed E-state index contributed by atoms with van der Waals surface area (Å²) in [6.45, 7) is 0.0428. The smallest absolute Gasteiger partial charge is 0.326 e. The average Bonchev–Trinajstić information content (AvgIpc) is 2.87. The fourth-order valence-electron chi connectivity index (χ4n) is 2.11. The highest BCUT2D eigenvalue weighted by Gasteiger charge is 2.33. The molecule has 6 heteroatoms. The van der Waals surface area contributed by atoms with Crippen LogP contribution >= 0.6 is 0 Å². The zero-order valence-electron chi connectivity index (χ0n) is 10.2. The molecule has 1 aromatic rings. The van der Waals surface area contributed by atoms with Gasteiger partial charge in [0, 0.05) is 6.54 Å². The number of para-hydroxylation sites is 1. The van der Waals surface area contributed by atoms with Crippen LogP contribution in [0.25, 0.3) is 0 Å². The van der Waals surface area contributed by atoms with Crippen LogP contribution < -0.4 is 4.74 Å². The Balaban J connectivity index is 1.95. The number of hydrogen-bond acceptors (Lipinski definition) is 3. The third-order valence-corrected chi connectivity index (χ3v) is 3.05. The van der Waals surface area contributed by atoms with Crippen molar-refractivity contribution in [1.29, 1.82) is 0 Å². The summed E-state index contributed by atoms with van der Waals surface area (Å²) in [5.74, 6) is -2.02. The molecule has 1 fully saturated rings. The maximum absolute atomic E-state index is 13.3. The molecule has 1 atom stereocenters. The van der Waals surface area contributed by atoms with Crippen molar-refractivity contribution in [3.63, 3.8) is 0 Å². The summed E-state index contributed by atoms with van der Waals surface area (Å²) in [6.07, 6.45) is 1.10. The molecule has 0 aliphatic carbocycles. The van der Waals surface area contributed by atoms with Crippen LogP contribution in [0.4, 0.5) is 4.39 Å². The van der Waals surface area contributed by atoms with Gasteiger partial charge in [-0.2, -0.15) is 0 Å². The van der Waals surface area contributed by atoms with Gasteiger partial charge in [0.05, 0.1) is 0 Å². The molecule has 19 heavy (non-hydrogen) atoms. The molecule has 2 rings (SSSR count). The second kappa shape index (κ2) is 5.69. The molecule has 5 nitrogen and oxygen atoms in total. The zero-order chi connectivity index (χ0) is 13.8. The first-order chi connectivity index (χ1) is 9.09. The van der Waals surface area contributed by atoms with Crippen molar-refractivity contribution >= 4 is 11.9 Å². The molecule has 1 aliphatic rings.